The van der Waals surface area contributed by atoms with Crippen molar-refractivity contribution >= 4 is 17.5 Å². The van der Waals surface area contributed by atoms with E-state index in [9.17, 15) is 4.79 Å². The van der Waals surface area contributed by atoms with Crippen LogP contribution in [-0.4, -0.2) is 24.9 Å². The van der Waals surface area contributed by atoms with Gasteiger partial charge in [0.25, 0.3) is 0 Å². The smallest absolute Gasteiger partial charge is 0.234 e. The van der Waals surface area contributed by atoms with Crippen LogP contribution in [0.4, 0.5) is 0 Å². The van der Waals surface area contributed by atoms with Gasteiger partial charge in [-0.15, -0.1) is 11.6 Å². The SMILES string of the molecule is O=C(CCl)NCCCOCc1ccccc1. The summed E-state index contributed by atoms with van der Waals surface area (Å²) in [5, 5.41) is 2.68. The van der Waals surface area contributed by atoms with Gasteiger partial charge >= 0.3 is 0 Å². The number of carbonyl (C=O) groups excluding carboxylic acids is 1. The summed E-state index contributed by atoms with van der Waals surface area (Å²) in [4.78, 5) is 10.8. The minimum Gasteiger partial charge on any atom is -0.377 e. The van der Waals surface area contributed by atoms with Crippen LogP contribution in [0.3, 0.4) is 0 Å². The van der Waals surface area contributed by atoms with E-state index in [1.165, 1.54) is 0 Å². The van der Waals surface area contributed by atoms with E-state index in [4.69, 9.17) is 16.3 Å². The first-order chi connectivity index (χ1) is 7.83. The number of rotatable bonds is 7. The standard InChI is InChI=1S/C12H16ClNO2/c13-9-12(15)14-7-4-8-16-10-11-5-2-1-3-6-11/h1-3,5-6H,4,7-10H2,(H,14,15). The highest BCUT2D eigenvalue weighted by Crippen LogP contribution is 2.00. The maximum absolute atomic E-state index is 10.8. The predicted octanol–water partition coefficient (Wildman–Crippen LogP) is 1.95. The van der Waals surface area contributed by atoms with E-state index >= 15 is 0 Å². The normalized spacial score (nSPS) is 10.1. The summed E-state index contributed by atoms with van der Waals surface area (Å²) < 4.78 is 5.45. The second-order valence-corrected chi connectivity index (χ2v) is 3.64. The minimum atomic E-state index is -0.135. The molecule has 16 heavy (non-hydrogen) atoms. The third-order valence-corrected chi connectivity index (χ3v) is 2.26. The number of hydrogen-bond acceptors (Lipinski definition) is 2. The monoisotopic (exact) mass is 241 g/mol. The van der Waals surface area contributed by atoms with Crippen LogP contribution >= 0.6 is 11.6 Å². The average molecular weight is 242 g/mol. The van der Waals surface area contributed by atoms with Crippen molar-refractivity contribution in [1.82, 2.24) is 5.32 Å². The van der Waals surface area contributed by atoms with Crippen molar-refractivity contribution in [3.05, 3.63) is 35.9 Å². The number of nitrogens with one attached hydrogen (secondary N) is 1. The molecule has 1 aromatic rings. The highest BCUT2D eigenvalue weighted by molar-refractivity contribution is 6.27. The van der Waals surface area contributed by atoms with Crippen LogP contribution in [0.5, 0.6) is 0 Å². The van der Waals surface area contributed by atoms with Crippen molar-refractivity contribution in [2.45, 2.75) is 13.0 Å². The molecule has 0 radical (unpaired) electrons. The molecule has 0 unspecified atom stereocenters. The van der Waals surface area contributed by atoms with E-state index in [0.717, 1.165) is 12.0 Å². The highest BCUT2D eigenvalue weighted by atomic mass is 35.5. The maximum Gasteiger partial charge on any atom is 0.234 e. The Morgan fingerprint density at radius 1 is 1.31 bits per heavy atom. The zero-order valence-electron chi connectivity index (χ0n) is 9.12. The fourth-order valence-corrected chi connectivity index (χ4v) is 1.31. The van der Waals surface area contributed by atoms with Crippen molar-refractivity contribution < 1.29 is 9.53 Å². The van der Waals surface area contributed by atoms with Crippen LogP contribution in [0, 0.1) is 0 Å². The Balaban J connectivity index is 1.98. The number of halogens is 1. The molecule has 0 saturated carbocycles. The number of carbonyl (C=O) groups is 1. The van der Waals surface area contributed by atoms with E-state index in [2.05, 4.69) is 5.32 Å². The van der Waals surface area contributed by atoms with E-state index in [1.54, 1.807) is 0 Å². The molecule has 0 aliphatic carbocycles. The van der Waals surface area contributed by atoms with Crippen LogP contribution in [0.1, 0.15) is 12.0 Å². The molecule has 0 bridgehead atoms. The van der Waals surface area contributed by atoms with Gasteiger partial charge in [-0.05, 0) is 12.0 Å². The molecular formula is C12H16ClNO2. The first-order valence-corrected chi connectivity index (χ1v) is 5.80. The molecule has 0 aromatic heterocycles. The maximum atomic E-state index is 10.8. The topological polar surface area (TPSA) is 38.3 Å². The first kappa shape index (κ1) is 13.0. The Hall–Kier alpha value is -1.06. The van der Waals surface area contributed by atoms with Crippen LogP contribution in [0.25, 0.3) is 0 Å². The van der Waals surface area contributed by atoms with Gasteiger partial charge in [-0.1, -0.05) is 30.3 Å². The number of amides is 1. The summed E-state index contributed by atoms with van der Waals surface area (Å²) in [5.41, 5.74) is 1.16. The molecule has 1 aromatic carbocycles. The predicted molar refractivity (Wildman–Crippen MR) is 64.4 cm³/mol. The second-order valence-electron chi connectivity index (χ2n) is 3.38. The summed E-state index contributed by atoms with van der Waals surface area (Å²) in [5.74, 6) is -0.116. The number of ether oxygens (including phenoxy) is 1. The number of hydrogen-bond donors (Lipinski definition) is 1. The van der Waals surface area contributed by atoms with Gasteiger partial charge in [0.1, 0.15) is 5.88 Å². The zero-order chi connectivity index (χ0) is 11.6. The lowest BCUT2D eigenvalue weighted by atomic mass is 10.2. The van der Waals surface area contributed by atoms with Gasteiger partial charge < -0.3 is 10.1 Å². The summed E-state index contributed by atoms with van der Waals surface area (Å²) in [6, 6.07) is 9.99. The molecule has 0 fully saturated rings. The van der Waals surface area contributed by atoms with E-state index in [-0.39, 0.29) is 11.8 Å². The zero-order valence-corrected chi connectivity index (χ0v) is 9.87. The largest absolute Gasteiger partial charge is 0.377 e. The van der Waals surface area contributed by atoms with E-state index in [1.807, 2.05) is 30.3 Å². The van der Waals surface area contributed by atoms with Gasteiger partial charge in [0, 0.05) is 13.2 Å². The third-order valence-electron chi connectivity index (χ3n) is 2.02. The molecule has 0 spiro atoms. The molecule has 0 heterocycles. The molecule has 1 N–H and O–H groups in total. The van der Waals surface area contributed by atoms with Gasteiger partial charge in [0.05, 0.1) is 6.61 Å². The van der Waals surface area contributed by atoms with Crippen molar-refractivity contribution in [2.24, 2.45) is 0 Å². The Morgan fingerprint density at radius 2 is 2.06 bits per heavy atom. The van der Waals surface area contributed by atoms with Crippen LogP contribution in [0.15, 0.2) is 30.3 Å². The molecule has 0 atom stereocenters. The second kappa shape index (κ2) is 8.13. The van der Waals surface area contributed by atoms with Crippen molar-refractivity contribution in [2.75, 3.05) is 19.0 Å². The summed E-state index contributed by atoms with van der Waals surface area (Å²) in [7, 11) is 0. The molecule has 88 valence electrons. The molecule has 4 heteroatoms. The van der Waals surface area contributed by atoms with E-state index < -0.39 is 0 Å². The van der Waals surface area contributed by atoms with Gasteiger partial charge in [0.2, 0.25) is 5.91 Å². The van der Waals surface area contributed by atoms with Crippen molar-refractivity contribution in [3.63, 3.8) is 0 Å². The highest BCUT2D eigenvalue weighted by Gasteiger charge is 1.96. The Bertz CT molecular complexity index is 303. The quantitative estimate of drug-likeness (QED) is 0.585. The van der Waals surface area contributed by atoms with Crippen LogP contribution < -0.4 is 5.32 Å². The summed E-state index contributed by atoms with van der Waals surface area (Å²) >= 11 is 5.33. The summed E-state index contributed by atoms with van der Waals surface area (Å²) in [6.45, 7) is 1.86. The van der Waals surface area contributed by atoms with Gasteiger partial charge in [0.15, 0.2) is 0 Å². The summed E-state index contributed by atoms with van der Waals surface area (Å²) in [6.07, 6.45) is 0.801. The molecule has 0 aliphatic rings. The minimum absolute atomic E-state index is 0.0187. The Labute approximate surface area is 101 Å². The fraction of sp³-hybridized carbons (Fsp3) is 0.417. The molecular weight excluding hydrogens is 226 g/mol. The van der Waals surface area contributed by atoms with Crippen molar-refractivity contribution in [1.29, 1.82) is 0 Å². The molecule has 1 rings (SSSR count). The number of alkyl halides is 1. The Kier molecular flexibility index (Phi) is 6.61. The van der Waals surface area contributed by atoms with Gasteiger partial charge in [-0.25, -0.2) is 0 Å². The first-order valence-electron chi connectivity index (χ1n) is 5.27. The molecule has 0 saturated heterocycles. The van der Waals surface area contributed by atoms with E-state index in [0.29, 0.717) is 19.8 Å². The van der Waals surface area contributed by atoms with Gasteiger partial charge in [-0.3, -0.25) is 4.79 Å². The van der Waals surface area contributed by atoms with Crippen molar-refractivity contribution in [3.8, 4) is 0 Å². The van der Waals surface area contributed by atoms with Crippen LogP contribution in [-0.2, 0) is 16.1 Å². The lowest BCUT2D eigenvalue weighted by molar-refractivity contribution is -0.118. The lowest BCUT2D eigenvalue weighted by Crippen LogP contribution is -2.26. The lowest BCUT2D eigenvalue weighted by Gasteiger charge is -2.05. The molecule has 0 aliphatic heterocycles. The number of benzene rings is 1. The fourth-order valence-electron chi connectivity index (χ4n) is 1.21. The average Bonchev–Trinajstić information content (AvgIpc) is 2.34. The van der Waals surface area contributed by atoms with Crippen LogP contribution in [0.2, 0.25) is 0 Å². The molecule has 3 nitrogen and oxygen atoms in total. The Morgan fingerprint density at radius 3 is 2.75 bits per heavy atom. The molecule has 1 amide bonds. The van der Waals surface area contributed by atoms with Gasteiger partial charge in [-0.2, -0.15) is 0 Å². The third kappa shape index (κ3) is 5.73.